The Labute approximate surface area is 108 Å². The number of nitrogens with zero attached hydrogens (tertiary/aromatic N) is 3. The SMILES string of the molecule is Cc1nc(N(C)C)c2[nH]c3cc(F)cc(F)c3c2n1. The van der Waals surface area contributed by atoms with Gasteiger partial charge in [0.2, 0.25) is 0 Å². The molecule has 0 amide bonds. The lowest BCUT2D eigenvalue weighted by atomic mass is 10.2. The van der Waals surface area contributed by atoms with E-state index in [1.807, 2.05) is 14.1 Å². The molecular formula is C13H12F2N4. The van der Waals surface area contributed by atoms with Gasteiger partial charge in [0, 0.05) is 20.2 Å². The van der Waals surface area contributed by atoms with Gasteiger partial charge in [-0.25, -0.2) is 18.7 Å². The van der Waals surface area contributed by atoms with E-state index in [0.717, 1.165) is 6.07 Å². The number of halogens is 2. The zero-order chi connectivity index (χ0) is 13.7. The Kier molecular flexibility index (Phi) is 2.41. The number of fused-ring (bicyclic) bond motifs is 3. The Balaban J connectivity index is 2.54. The van der Waals surface area contributed by atoms with Crippen molar-refractivity contribution in [2.45, 2.75) is 6.92 Å². The van der Waals surface area contributed by atoms with Gasteiger partial charge in [-0.1, -0.05) is 0 Å². The quantitative estimate of drug-likeness (QED) is 0.733. The molecule has 2 aromatic heterocycles. The smallest absolute Gasteiger partial charge is 0.156 e. The summed E-state index contributed by atoms with van der Waals surface area (Å²) in [4.78, 5) is 13.4. The fourth-order valence-electron chi connectivity index (χ4n) is 2.22. The number of nitrogens with one attached hydrogen (secondary N) is 1. The first-order valence-corrected chi connectivity index (χ1v) is 5.80. The van der Waals surface area contributed by atoms with Gasteiger partial charge in [-0.2, -0.15) is 0 Å². The zero-order valence-electron chi connectivity index (χ0n) is 10.8. The minimum atomic E-state index is -0.621. The van der Waals surface area contributed by atoms with Crippen LogP contribution in [0.25, 0.3) is 21.9 Å². The third-order valence-electron chi connectivity index (χ3n) is 2.98. The van der Waals surface area contributed by atoms with Gasteiger partial charge in [-0.05, 0) is 13.0 Å². The molecule has 0 saturated carbocycles. The van der Waals surface area contributed by atoms with Gasteiger partial charge < -0.3 is 9.88 Å². The van der Waals surface area contributed by atoms with Crippen LogP contribution in [0, 0.1) is 18.6 Å². The van der Waals surface area contributed by atoms with Gasteiger partial charge >= 0.3 is 0 Å². The molecule has 0 saturated heterocycles. The highest BCUT2D eigenvalue weighted by Gasteiger charge is 2.17. The van der Waals surface area contributed by atoms with E-state index >= 15 is 0 Å². The second-order valence-corrected chi connectivity index (χ2v) is 4.65. The lowest BCUT2D eigenvalue weighted by Crippen LogP contribution is -2.12. The average Bonchev–Trinajstić information content (AvgIpc) is 2.65. The predicted molar refractivity (Wildman–Crippen MR) is 70.4 cm³/mol. The fraction of sp³-hybridized carbons (Fsp3) is 0.231. The van der Waals surface area contributed by atoms with Crippen molar-refractivity contribution in [3.8, 4) is 0 Å². The van der Waals surface area contributed by atoms with Crippen molar-refractivity contribution in [2.24, 2.45) is 0 Å². The molecular weight excluding hydrogens is 250 g/mol. The summed E-state index contributed by atoms with van der Waals surface area (Å²) >= 11 is 0. The molecule has 0 radical (unpaired) electrons. The van der Waals surface area contributed by atoms with Crippen LogP contribution >= 0.6 is 0 Å². The third kappa shape index (κ3) is 1.71. The van der Waals surface area contributed by atoms with Gasteiger partial charge in [0.15, 0.2) is 5.82 Å². The molecule has 0 atom stereocenters. The van der Waals surface area contributed by atoms with Gasteiger partial charge in [-0.3, -0.25) is 0 Å². The summed E-state index contributed by atoms with van der Waals surface area (Å²) in [5.74, 6) is -0.0453. The maximum atomic E-state index is 13.9. The molecule has 1 N–H and O–H groups in total. The minimum Gasteiger partial charge on any atom is -0.361 e. The standard InChI is InChI=1S/C13H12F2N4/c1-6-16-11-10-8(15)4-7(14)5-9(10)18-12(11)13(17-6)19(2)3/h4-5,18H,1-3H3. The predicted octanol–water partition coefficient (Wildman–Crippen LogP) is 2.76. The lowest BCUT2D eigenvalue weighted by Gasteiger charge is -2.12. The molecule has 0 aliphatic heterocycles. The van der Waals surface area contributed by atoms with Crippen LogP contribution in [0.3, 0.4) is 0 Å². The van der Waals surface area contributed by atoms with Crippen LogP contribution < -0.4 is 4.90 Å². The van der Waals surface area contributed by atoms with E-state index in [2.05, 4.69) is 15.0 Å². The largest absolute Gasteiger partial charge is 0.361 e. The molecule has 0 fully saturated rings. The first kappa shape index (κ1) is 11.8. The molecule has 0 bridgehead atoms. The van der Waals surface area contributed by atoms with Crippen LogP contribution in [-0.4, -0.2) is 29.0 Å². The van der Waals surface area contributed by atoms with Crippen LogP contribution in [0.5, 0.6) is 0 Å². The van der Waals surface area contributed by atoms with Crippen molar-refractivity contribution < 1.29 is 8.78 Å². The number of aryl methyl sites for hydroxylation is 1. The molecule has 4 nitrogen and oxygen atoms in total. The van der Waals surface area contributed by atoms with E-state index < -0.39 is 11.6 Å². The summed E-state index contributed by atoms with van der Waals surface area (Å²) in [5, 5.41) is 0.296. The van der Waals surface area contributed by atoms with Gasteiger partial charge in [0.25, 0.3) is 0 Å². The summed E-state index contributed by atoms with van der Waals surface area (Å²) in [6.07, 6.45) is 0. The average molecular weight is 262 g/mol. The molecule has 3 rings (SSSR count). The van der Waals surface area contributed by atoms with Crippen molar-refractivity contribution in [1.29, 1.82) is 0 Å². The van der Waals surface area contributed by atoms with E-state index in [1.54, 1.807) is 11.8 Å². The number of hydrogen-bond acceptors (Lipinski definition) is 3. The summed E-state index contributed by atoms with van der Waals surface area (Å²) in [6.45, 7) is 1.74. The minimum absolute atomic E-state index is 0.296. The van der Waals surface area contributed by atoms with E-state index in [4.69, 9.17) is 0 Å². The molecule has 0 spiro atoms. The Morgan fingerprint density at radius 1 is 1.16 bits per heavy atom. The summed E-state index contributed by atoms with van der Waals surface area (Å²) < 4.78 is 27.2. The van der Waals surface area contributed by atoms with Gasteiger partial charge in [0.1, 0.15) is 28.5 Å². The van der Waals surface area contributed by atoms with Crippen LogP contribution in [0.2, 0.25) is 0 Å². The fourth-order valence-corrected chi connectivity index (χ4v) is 2.22. The van der Waals surface area contributed by atoms with E-state index in [0.29, 0.717) is 33.6 Å². The van der Waals surface area contributed by atoms with E-state index in [9.17, 15) is 8.78 Å². The maximum absolute atomic E-state index is 13.9. The van der Waals surface area contributed by atoms with Crippen molar-refractivity contribution in [3.63, 3.8) is 0 Å². The van der Waals surface area contributed by atoms with E-state index in [1.165, 1.54) is 6.07 Å². The molecule has 19 heavy (non-hydrogen) atoms. The maximum Gasteiger partial charge on any atom is 0.156 e. The van der Waals surface area contributed by atoms with Crippen LogP contribution in [0.15, 0.2) is 12.1 Å². The summed E-state index contributed by atoms with van der Waals surface area (Å²) in [6, 6.07) is 2.12. The highest BCUT2D eigenvalue weighted by molar-refractivity contribution is 6.08. The number of hydrogen-bond donors (Lipinski definition) is 1. The Morgan fingerprint density at radius 2 is 1.89 bits per heavy atom. The highest BCUT2D eigenvalue weighted by Crippen LogP contribution is 2.31. The van der Waals surface area contributed by atoms with Crippen LogP contribution in [-0.2, 0) is 0 Å². The van der Waals surface area contributed by atoms with Gasteiger partial charge in [-0.15, -0.1) is 0 Å². The number of anilines is 1. The summed E-state index contributed by atoms with van der Waals surface area (Å²) in [7, 11) is 3.67. The Bertz CT molecular complexity index is 792. The molecule has 3 aromatic rings. The first-order valence-electron chi connectivity index (χ1n) is 5.80. The second kappa shape index (κ2) is 3.88. The number of aromatic nitrogens is 3. The van der Waals surface area contributed by atoms with Crippen LogP contribution in [0.1, 0.15) is 5.82 Å². The normalized spacial score (nSPS) is 11.4. The number of benzene rings is 1. The van der Waals surface area contributed by atoms with Crippen LogP contribution in [0.4, 0.5) is 14.6 Å². The zero-order valence-corrected chi connectivity index (χ0v) is 10.8. The van der Waals surface area contributed by atoms with Crippen molar-refractivity contribution in [1.82, 2.24) is 15.0 Å². The van der Waals surface area contributed by atoms with Gasteiger partial charge in [0.05, 0.1) is 10.9 Å². The van der Waals surface area contributed by atoms with Crippen molar-refractivity contribution in [3.05, 3.63) is 29.6 Å². The Morgan fingerprint density at radius 3 is 2.58 bits per heavy atom. The monoisotopic (exact) mass is 262 g/mol. The molecule has 0 unspecified atom stereocenters. The topological polar surface area (TPSA) is 44.8 Å². The number of rotatable bonds is 1. The highest BCUT2D eigenvalue weighted by atomic mass is 19.1. The molecule has 2 heterocycles. The first-order chi connectivity index (χ1) is 8.97. The molecule has 0 aliphatic carbocycles. The second-order valence-electron chi connectivity index (χ2n) is 4.65. The lowest BCUT2D eigenvalue weighted by molar-refractivity contribution is 0.592. The molecule has 6 heteroatoms. The van der Waals surface area contributed by atoms with Crippen molar-refractivity contribution >= 4 is 27.8 Å². The summed E-state index contributed by atoms with van der Waals surface area (Å²) in [5.41, 5.74) is 1.47. The molecule has 0 aliphatic rings. The van der Waals surface area contributed by atoms with E-state index in [-0.39, 0.29) is 0 Å². The molecule has 98 valence electrons. The number of H-pyrrole nitrogens is 1. The number of aromatic amines is 1. The molecule has 1 aromatic carbocycles. The van der Waals surface area contributed by atoms with Crippen molar-refractivity contribution in [2.75, 3.05) is 19.0 Å². The Hall–Kier alpha value is -2.24. The third-order valence-corrected chi connectivity index (χ3v) is 2.98.